The van der Waals surface area contributed by atoms with Gasteiger partial charge < -0.3 is 5.32 Å². The zero-order chi connectivity index (χ0) is 7.28. The molecule has 0 radical (unpaired) electrons. The lowest BCUT2D eigenvalue weighted by Gasteiger charge is -2.03. The van der Waals surface area contributed by atoms with Gasteiger partial charge in [0.1, 0.15) is 0 Å². The van der Waals surface area contributed by atoms with Crippen LogP contribution >= 0.6 is 31.9 Å². The maximum Gasteiger partial charge on any atom is 0.233 e. The van der Waals surface area contributed by atoms with Gasteiger partial charge in [0.05, 0.1) is 4.83 Å². The minimum atomic E-state index is -0.0538. The quantitative estimate of drug-likeness (QED) is 0.760. The standard InChI is InChI=1S/C5H9Br2NO/c1-8-5(9)4(7)2-3-6/h4H,2-3H2,1H3,(H,8,9)/t4-/m0/s1. The molecule has 2 nitrogen and oxygen atoms in total. The lowest BCUT2D eigenvalue weighted by Crippen LogP contribution is -2.27. The Morgan fingerprint density at radius 2 is 2.33 bits per heavy atom. The molecular weight excluding hydrogens is 250 g/mol. The van der Waals surface area contributed by atoms with Gasteiger partial charge in [0, 0.05) is 12.4 Å². The van der Waals surface area contributed by atoms with Gasteiger partial charge in [0.15, 0.2) is 0 Å². The molecule has 0 aliphatic carbocycles. The van der Waals surface area contributed by atoms with Crippen LogP contribution < -0.4 is 5.32 Å². The first-order valence-electron chi connectivity index (χ1n) is 2.64. The highest BCUT2D eigenvalue weighted by Crippen LogP contribution is 2.06. The Balaban J connectivity index is 3.45. The molecule has 0 aromatic rings. The van der Waals surface area contributed by atoms with Crippen LogP contribution in [0.5, 0.6) is 0 Å². The summed E-state index contributed by atoms with van der Waals surface area (Å²) in [5.74, 6) is 0.0365. The second-order valence-electron chi connectivity index (χ2n) is 1.56. The van der Waals surface area contributed by atoms with Crippen LogP contribution in [0, 0.1) is 0 Å². The number of carbonyl (C=O) groups excluding carboxylic acids is 1. The molecule has 0 aromatic heterocycles. The Morgan fingerprint density at radius 3 is 2.67 bits per heavy atom. The molecule has 1 amide bonds. The fourth-order valence-corrected chi connectivity index (χ4v) is 1.91. The summed E-state index contributed by atoms with van der Waals surface area (Å²) >= 11 is 6.46. The van der Waals surface area contributed by atoms with Crippen molar-refractivity contribution in [3.63, 3.8) is 0 Å². The summed E-state index contributed by atoms with van der Waals surface area (Å²) in [5.41, 5.74) is 0. The molecule has 9 heavy (non-hydrogen) atoms. The Bertz CT molecular complexity index is 97.0. The minimum absolute atomic E-state index is 0.0365. The second kappa shape index (κ2) is 5.23. The van der Waals surface area contributed by atoms with Gasteiger partial charge in [-0.2, -0.15) is 0 Å². The van der Waals surface area contributed by atoms with Crippen LogP contribution in [0.2, 0.25) is 0 Å². The van der Waals surface area contributed by atoms with Crippen molar-refractivity contribution in [3.05, 3.63) is 0 Å². The van der Waals surface area contributed by atoms with E-state index in [0.29, 0.717) is 0 Å². The fourth-order valence-electron chi connectivity index (χ4n) is 0.384. The molecule has 4 heteroatoms. The molecular formula is C5H9Br2NO. The fraction of sp³-hybridized carbons (Fsp3) is 0.800. The highest BCUT2D eigenvalue weighted by atomic mass is 79.9. The predicted octanol–water partition coefficient (Wildman–Crippen LogP) is 1.28. The SMILES string of the molecule is CNC(=O)[C@@H](Br)CCBr. The van der Waals surface area contributed by atoms with E-state index in [1.54, 1.807) is 7.05 Å². The van der Waals surface area contributed by atoms with E-state index < -0.39 is 0 Å². The van der Waals surface area contributed by atoms with E-state index in [2.05, 4.69) is 37.2 Å². The number of hydrogen-bond donors (Lipinski definition) is 1. The first-order valence-corrected chi connectivity index (χ1v) is 4.67. The molecule has 0 aromatic carbocycles. The molecule has 0 aliphatic rings. The second-order valence-corrected chi connectivity index (χ2v) is 3.46. The van der Waals surface area contributed by atoms with Gasteiger partial charge in [-0.25, -0.2) is 0 Å². The summed E-state index contributed by atoms with van der Waals surface area (Å²) in [6.45, 7) is 0. The van der Waals surface area contributed by atoms with E-state index in [-0.39, 0.29) is 10.7 Å². The van der Waals surface area contributed by atoms with Crippen LogP contribution in [0.4, 0.5) is 0 Å². The maximum absolute atomic E-state index is 10.7. The Labute approximate surface area is 71.6 Å². The number of rotatable bonds is 3. The lowest BCUT2D eigenvalue weighted by molar-refractivity contribution is -0.119. The van der Waals surface area contributed by atoms with Crippen LogP contribution in [0.3, 0.4) is 0 Å². The molecule has 0 rings (SSSR count). The largest absolute Gasteiger partial charge is 0.358 e. The van der Waals surface area contributed by atoms with Gasteiger partial charge >= 0.3 is 0 Å². The van der Waals surface area contributed by atoms with Crippen LogP contribution in [-0.2, 0) is 4.79 Å². The number of alkyl halides is 2. The molecule has 0 aliphatic heterocycles. The highest BCUT2D eigenvalue weighted by molar-refractivity contribution is 9.10. The minimum Gasteiger partial charge on any atom is -0.358 e. The van der Waals surface area contributed by atoms with Crippen molar-refractivity contribution >= 4 is 37.8 Å². The lowest BCUT2D eigenvalue weighted by atomic mass is 10.3. The van der Waals surface area contributed by atoms with Gasteiger partial charge in [0.2, 0.25) is 5.91 Å². The molecule has 0 fully saturated rings. The number of carbonyl (C=O) groups is 1. The highest BCUT2D eigenvalue weighted by Gasteiger charge is 2.10. The van der Waals surface area contributed by atoms with Crippen LogP contribution in [-0.4, -0.2) is 23.1 Å². The van der Waals surface area contributed by atoms with Gasteiger partial charge in [0.25, 0.3) is 0 Å². The van der Waals surface area contributed by atoms with Crippen molar-refractivity contribution in [1.82, 2.24) is 5.32 Å². The van der Waals surface area contributed by atoms with E-state index >= 15 is 0 Å². The number of hydrogen-bond acceptors (Lipinski definition) is 1. The number of amides is 1. The number of halogens is 2. The smallest absolute Gasteiger partial charge is 0.233 e. The molecule has 0 spiro atoms. The monoisotopic (exact) mass is 257 g/mol. The topological polar surface area (TPSA) is 29.1 Å². The van der Waals surface area contributed by atoms with Crippen LogP contribution in [0.15, 0.2) is 0 Å². The first-order chi connectivity index (χ1) is 4.22. The summed E-state index contributed by atoms with van der Waals surface area (Å²) < 4.78 is 0. The number of nitrogens with one attached hydrogen (secondary N) is 1. The molecule has 0 unspecified atom stereocenters. The predicted molar refractivity (Wildman–Crippen MR) is 45.2 cm³/mol. The van der Waals surface area contributed by atoms with Gasteiger partial charge in [-0.05, 0) is 6.42 Å². The van der Waals surface area contributed by atoms with E-state index in [9.17, 15) is 4.79 Å². The molecule has 0 saturated heterocycles. The molecule has 0 heterocycles. The first kappa shape index (κ1) is 9.43. The van der Waals surface area contributed by atoms with Gasteiger partial charge in [-0.15, -0.1) is 0 Å². The maximum atomic E-state index is 10.7. The van der Waals surface area contributed by atoms with Crippen LogP contribution in [0.25, 0.3) is 0 Å². The van der Waals surface area contributed by atoms with Crippen molar-refractivity contribution in [3.8, 4) is 0 Å². The summed E-state index contributed by atoms with van der Waals surface area (Å²) in [7, 11) is 1.63. The molecule has 0 saturated carbocycles. The summed E-state index contributed by atoms with van der Waals surface area (Å²) in [6.07, 6.45) is 0.819. The molecule has 1 N–H and O–H groups in total. The molecule has 1 atom stereocenters. The zero-order valence-corrected chi connectivity index (χ0v) is 8.33. The average molecular weight is 259 g/mol. The third-order valence-corrected chi connectivity index (χ3v) is 2.22. The third-order valence-electron chi connectivity index (χ3n) is 0.893. The molecule has 0 bridgehead atoms. The Hall–Kier alpha value is 0.430. The van der Waals surface area contributed by atoms with Gasteiger partial charge in [-0.1, -0.05) is 31.9 Å². The summed E-state index contributed by atoms with van der Waals surface area (Å²) in [6, 6.07) is 0. The van der Waals surface area contributed by atoms with Crippen molar-refractivity contribution in [2.45, 2.75) is 11.2 Å². The van der Waals surface area contributed by atoms with E-state index in [0.717, 1.165) is 11.8 Å². The van der Waals surface area contributed by atoms with Crippen molar-refractivity contribution in [2.75, 3.05) is 12.4 Å². The summed E-state index contributed by atoms with van der Waals surface area (Å²) in [4.78, 5) is 10.7. The van der Waals surface area contributed by atoms with Crippen molar-refractivity contribution in [2.24, 2.45) is 0 Å². The average Bonchev–Trinajstić information content (AvgIpc) is 1.87. The normalized spacial score (nSPS) is 12.8. The van der Waals surface area contributed by atoms with E-state index in [4.69, 9.17) is 0 Å². The zero-order valence-electron chi connectivity index (χ0n) is 5.16. The molecule has 54 valence electrons. The van der Waals surface area contributed by atoms with E-state index in [1.165, 1.54) is 0 Å². The van der Waals surface area contributed by atoms with E-state index in [1.807, 2.05) is 0 Å². The Kier molecular flexibility index (Phi) is 5.48. The summed E-state index contributed by atoms with van der Waals surface area (Å²) in [5, 5.41) is 3.39. The Morgan fingerprint density at radius 1 is 1.78 bits per heavy atom. The van der Waals surface area contributed by atoms with Crippen molar-refractivity contribution in [1.29, 1.82) is 0 Å². The van der Waals surface area contributed by atoms with Crippen molar-refractivity contribution < 1.29 is 4.79 Å². The third kappa shape index (κ3) is 3.92. The van der Waals surface area contributed by atoms with Crippen LogP contribution in [0.1, 0.15) is 6.42 Å². The van der Waals surface area contributed by atoms with Gasteiger partial charge in [-0.3, -0.25) is 4.79 Å².